The zero-order valence-corrected chi connectivity index (χ0v) is 14.3. The minimum atomic E-state index is 0. The number of halogens is 2. The first-order valence-corrected chi connectivity index (χ1v) is 7.95. The van der Waals surface area contributed by atoms with Gasteiger partial charge in [-0.3, -0.25) is 9.69 Å². The monoisotopic (exact) mass is 343 g/mol. The van der Waals surface area contributed by atoms with Crippen LogP contribution < -0.4 is 11.1 Å². The number of hydrogen-bond donors (Lipinski definition) is 2. The molecule has 3 rings (SSSR count). The zero-order valence-electron chi connectivity index (χ0n) is 12.7. The number of anilines is 1. The van der Waals surface area contributed by atoms with Gasteiger partial charge in [0, 0.05) is 29.8 Å². The summed E-state index contributed by atoms with van der Waals surface area (Å²) in [6.07, 6.45) is 2.34. The van der Waals surface area contributed by atoms with Crippen molar-refractivity contribution in [3.8, 4) is 0 Å². The number of hydrogen-bond acceptors (Lipinski definition) is 3. The van der Waals surface area contributed by atoms with Crippen molar-refractivity contribution in [1.82, 2.24) is 4.90 Å². The third-order valence-electron chi connectivity index (χ3n) is 4.90. The summed E-state index contributed by atoms with van der Waals surface area (Å²) >= 11 is 6.07. The number of nitrogens with two attached hydrogens (primary N) is 1. The van der Waals surface area contributed by atoms with E-state index in [2.05, 4.69) is 10.2 Å². The molecule has 22 heavy (non-hydrogen) atoms. The third-order valence-corrected chi connectivity index (χ3v) is 5.31. The molecular formula is C16H23Cl2N3O. The average molecular weight is 344 g/mol. The highest BCUT2D eigenvalue weighted by molar-refractivity contribution is 6.31. The summed E-state index contributed by atoms with van der Waals surface area (Å²) in [5, 5.41) is 3.63. The lowest BCUT2D eigenvalue weighted by Crippen LogP contribution is -2.34. The summed E-state index contributed by atoms with van der Waals surface area (Å²) < 4.78 is 0. The molecule has 1 heterocycles. The molecule has 0 aromatic heterocycles. The molecule has 3 N–H and O–H groups in total. The molecular weight excluding hydrogens is 321 g/mol. The van der Waals surface area contributed by atoms with E-state index in [9.17, 15) is 4.79 Å². The lowest BCUT2D eigenvalue weighted by molar-refractivity contribution is -0.117. The Morgan fingerprint density at radius 2 is 2.18 bits per heavy atom. The van der Waals surface area contributed by atoms with Gasteiger partial charge >= 0.3 is 0 Å². The lowest BCUT2D eigenvalue weighted by atomic mass is 9.98. The van der Waals surface area contributed by atoms with Gasteiger partial charge in [-0.2, -0.15) is 0 Å². The van der Waals surface area contributed by atoms with Gasteiger partial charge in [0.2, 0.25) is 5.91 Å². The van der Waals surface area contributed by atoms with Gasteiger partial charge in [0.1, 0.15) is 0 Å². The Morgan fingerprint density at radius 1 is 1.41 bits per heavy atom. The molecule has 1 saturated carbocycles. The van der Waals surface area contributed by atoms with Gasteiger partial charge in [-0.15, -0.1) is 12.4 Å². The SMILES string of the molecule is Cc1c(Cl)cccc1NC(=O)CN1CC2CCC(N)C2C1.Cl. The van der Waals surface area contributed by atoms with Gasteiger partial charge in [-0.1, -0.05) is 17.7 Å². The van der Waals surface area contributed by atoms with Crippen LogP contribution in [0.25, 0.3) is 0 Å². The molecule has 6 heteroatoms. The number of carbonyl (C=O) groups is 1. The Bertz CT molecular complexity index is 552. The predicted molar refractivity (Wildman–Crippen MR) is 92.7 cm³/mol. The Kier molecular flexibility index (Phi) is 5.72. The van der Waals surface area contributed by atoms with Crippen molar-refractivity contribution in [1.29, 1.82) is 0 Å². The van der Waals surface area contributed by atoms with Crippen LogP contribution in [0.1, 0.15) is 18.4 Å². The van der Waals surface area contributed by atoms with Crippen LogP contribution in [-0.4, -0.2) is 36.5 Å². The molecule has 1 amide bonds. The highest BCUT2D eigenvalue weighted by atomic mass is 35.5. The fourth-order valence-corrected chi connectivity index (χ4v) is 3.84. The average Bonchev–Trinajstić information content (AvgIpc) is 2.97. The second kappa shape index (κ2) is 7.18. The minimum absolute atomic E-state index is 0. The number of rotatable bonds is 3. The molecule has 0 radical (unpaired) electrons. The maximum Gasteiger partial charge on any atom is 0.238 e. The van der Waals surface area contributed by atoms with E-state index in [1.54, 1.807) is 0 Å². The van der Waals surface area contributed by atoms with Gasteiger partial charge in [-0.05, 0) is 49.3 Å². The van der Waals surface area contributed by atoms with E-state index < -0.39 is 0 Å². The molecule has 1 aromatic carbocycles. The maximum atomic E-state index is 12.2. The van der Waals surface area contributed by atoms with E-state index in [4.69, 9.17) is 17.3 Å². The molecule has 0 spiro atoms. The first-order valence-electron chi connectivity index (χ1n) is 7.57. The standard InChI is InChI=1S/C16H22ClN3O.ClH/c1-10-13(17)3-2-4-15(10)19-16(21)9-20-7-11-5-6-14(18)12(11)8-20;/h2-4,11-12,14H,5-9,18H2,1H3,(H,19,21);1H. The van der Waals surface area contributed by atoms with Crippen LogP contribution in [0.2, 0.25) is 5.02 Å². The lowest BCUT2D eigenvalue weighted by Gasteiger charge is -2.18. The van der Waals surface area contributed by atoms with Gasteiger partial charge < -0.3 is 11.1 Å². The van der Waals surface area contributed by atoms with Crippen LogP contribution in [0, 0.1) is 18.8 Å². The summed E-state index contributed by atoms with van der Waals surface area (Å²) in [4.78, 5) is 14.4. The van der Waals surface area contributed by atoms with Crippen LogP contribution in [0.5, 0.6) is 0 Å². The second-order valence-corrected chi connectivity index (χ2v) is 6.73. The van der Waals surface area contributed by atoms with Crippen molar-refractivity contribution in [2.75, 3.05) is 25.0 Å². The van der Waals surface area contributed by atoms with Crippen molar-refractivity contribution < 1.29 is 4.79 Å². The molecule has 4 nitrogen and oxygen atoms in total. The van der Waals surface area contributed by atoms with E-state index in [0.29, 0.717) is 29.4 Å². The van der Waals surface area contributed by atoms with Crippen LogP contribution >= 0.6 is 24.0 Å². The Labute approximate surface area is 142 Å². The number of amides is 1. The Balaban J connectivity index is 0.00000176. The van der Waals surface area contributed by atoms with Crippen LogP contribution in [-0.2, 0) is 4.79 Å². The number of nitrogens with one attached hydrogen (secondary N) is 1. The van der Waals surface area contributed by atoms with E-state index in [0.717, 1.165) is 30.8 Å². The zero-order chi connectivity index (χ0) is 15.0. The van der Waals surface area contributed by atoms with Crippen molar-refractivity contribution >= 4 is 35.6 Å². The quantitative estimate of drug-likeness (QED) is 0.886. The summed E-state index contributed by atoms with van der Waals surface area (Å²) in [5.74, 6) is 1.28. The number of fused-ring (bicyclic) bond motifs is 1. The Hall–Kier alpha value is -0.810. The molecule has 3 atom stereocenters. The van der Waals surface area contributed by atoms with Gasteiger partial charge in [0.25, 0.3) is 0 Å². The molecule has 122 valence electrons. The molecule has 0 bridgehead atoms. The van der Waals surface area contributed by atoms with E-state index >= 15 is 0 Å². The summed E-state index contributed by atoms with van der Waals surface area (Å²) in [6, 6.07) is 5.88. The van der Waals surface area contributed by atoms with Crippen LogP contribution in [0.3, 0.4) is 0 Å². The molecule has 1 aromatic rings. The predicted octanol–water partition coefficient (Wildman–Crippen LogP) is 2.68. The smallest absolute Gasteiger partial charge is 0.238 e. The van der Waals surface area contributed by atoms with Crippen molar-refractivity contribution in [3.63, 3.8) is 0 Å². The van der Waals surface area contributed by atoms with Gasteiger partial charge in [0.05, 0.1) is 6.54 Å². The normalized spacial score (nSPS) is 27.3. The fraction of sp³-hybridized carbons (Fsp3) is 0.562. The largest absolute Gasteiger partial charge is 0.327 e. The van der Waals surface area contributed by atoms with Crippen molar-refractivity contribution in [2.45, 2.75) is 25.8 Å². The molecule has 2 aliphatic rings. The number of likely N-dealkylation sites (tertiary alicyclic amines) is 1. The number of nitrogens with zero attached hydrogens (tertiary/aromatic N) is 1. The molecule has 2 fully saturated rings. The van der Waals surface area contributed by atoms with Crippen LogP contribution in [0.4, 0.5) is 5.69 Å². The van der Waals surface area contributed by atoms with Gasteiger partial charge in [-0.25, -0.2) is 0 Å². The molecule has 1 aliphatic carbocycles. The van der Waals surface area contributed by atoms with Gasteiger partial charge in [0.15, 0.2) is 0 Å². The molecule has 1 aliphatic heterocycles. The first-order chi connectivity index (χ1) is 10.0. The molecule has 3 unspecified atom stereocenters. The number of benzene rings is 1. The Morgan fingerprint density at radius 3 is 2.91 bits per heavy atom. The summed E-state index contributed by atoms with van der Waals surface area (Å²) in [7, 11) is 0. The molecule has 1 saturated heterocycles. The topological polar surface area (TPSA) is 58.4 Å². The summed E-state index contributed by atoms with van der Waals surface area (Å²) in [6.45, 7) is 4.30. The maximum absolute atomic E-state index is 12.2. The summed E-state index contributed by atoms with van der Waals surface area (Å²) in [5.41, 5.74) is 7.84. The highest BCUT2D eigenvalue weighted by Gasteiger charge is 2.41. The van der Waals surface area contributed by atoms with Crippen LogP contribution in [0.15, 0.2) is 18.2 Å². The minimum Gasteiger partial charge on any atom is -0.327 e. The second-order valence-electron chi connectivity index (χ2n) is 6.32. The van der Waals surface area contributed by atoms with E-state index in [1.165, 1.54) is 6.42 Å². The fourth-order valence-electron chi connectivity index (χ4n) is 3.66. The van der Waals surface area contributed by atoms with Crippen molar-refractivity contribution in [2.24, 2.45) is 17.6 Å². The first kappa shape index (κ1) is 17.5. The third kappa shape index (κ3) is 3.57. The highest BCUT2D eigenvalue weighted by Crippen LogP contribution is 2.36. The van der Waals surface area contributed by atoms with Crippen molar-refractivity contribution in [3.05, 3.63) is 28.8 Å². The van der Waals surface area contributed by atoms with E-state index in [-0.39, 0.29) is 18.3 Å². The number of carbonyl (C=O) groups excluding carboxylic acids is 1. The van der Waals surface area contributed by atoms with E-state index in [1.807, 2.05) is 25.1 Å².